The molecule has 0 aliphatic carbocycles. The summed E-state index contributed by atoms with van der Waals surface area (Å²) in [5.41, 5.74) is 2.01. The number of fused-ring (bicyclic) bond motifs is 3. The van der Waals surface area contributed by atoms with E-state index in [2.05, 4.69) is 27.0 Å². The summed E-state index contributed by atoms with van der Waals surface area (Å²) in [7, 11) is 0. The fourth-order valence-corrected chi connectivity index (χ4v) is 6.71. The quantitative estimate of drug-likeness (QED) is 0.627. The zero-order valence-electron chi connectivity index (χ0n) is 18.8. The smallest absolute Gasteiger partial charge is 0.234 e. The number of aromatic nitrogens is 2. The molecule has 33 heavy (non-hydrogen) atoms. The maximum Gasteiger partial charge on any atom is 0.234 e. The van der Waals surface area contributed by atoms with Crippen molar-refractivity contribution in [2.24, 2.45) is 5.92 Å². The van der Waals surface area contributed by atoms with E-state index in [9.17, 15) is 9.18 Å². The number of carbonyl (C=O) groups excluding carboxylic acids is 1. The van der Waals surface area contributed by atoms with Gasteiger partial charge >= 0.3 is 0 Å². The molecule has 0 spiro atoms. The largest absolute Gasteiger partial charge is 0.381 e. The van der Waals surface area contributed by atoms with Gasteiger partial charge in [-0.15, -0.1) is 0 Å². The third-order valence-corrected chi connectivity index (χ3v) is 8.27. The van der Waals surface area contributed by atoms with Gasteiger partial charge in [0.05, 0.1) is 5.41 Å². The number of aromatic amines is 1. The van der Waals surface area contributed by atoms with Gasteiger partial charge in [-0.3, -0.25) is 4.79 Å². The number of benzene rings is 1. The summed E-state index contributed by atoms with van der Waals surface area (Å²) in [4.78, 5) is 24.0. The van der Waals surface area contributed by atoms with E-state index in [-0.39, 0.29) is 23.8 Å². The molecule has 5 nitrogen and oxygen atoms in total. The first-order valence-electron chi connectivity index (χ1n) is 12.2. The number of nitrogens with one attached hydrogen (secondary N) is 1. The average Bonchev–Trinajstić information content (AvgIpc) is 3.42. The van der Waals surface area contributed by atoms with Gasteiger partial charge in [0, 0.05) is 48.6 Å². The van der Waals surface area contributed by atoms with Gasteiger partial charge in [-0.2, -0.15) is 0 Å². The lowest BCUT2D eigenvalue weighted by Crippen LogP contribution is -2.56. The van der Waals surface area contributed by atoms with E-state index in [0.717, 1.165) is 37.8 Å². The minimum absolute atomic E-state index is 0.124. The number of pyridine rings is 1. The van der Waals surface area contributed by atoms with E-state index < -0.39 is 5.41 Å². The van der Waals surface area contributed by atoms with Crippen molar-refractivity contribution in [2.45, 2.75) is 62.4 Å². The van der Waals surface area contributed by atoms with Crippen LogP contribution in [0.5, 0.6) is 0 Å². The first-order valence-corrected chi connectivity index (χ1v) is 12.2. The molecule has 0 radical (unpaired) electrons. The van der Waals surface area contributed by atoms with E-state index in [1.807, 2.05) is 18.5 Å². The number of halogens is 1. The van der Waals surface area contributed by atoms with Gasteiger partial charge in [-0.05, 0) is 74.6 Å². The Labute approximate surface area is 193 Å². The third kappa shape index (κ3) is 3.46. The average molecular weight is 448 g/mol. The van der Waals surface area contributed by atoms with Crippen LogP contribution in [0.2, 0.25) is 0 Å². The van der Waals surface area contributed by atoms with E-state index in [1.165, 1.54) is 17.0 Å². The predicted molar refractivity (Wildman–Crippen MR) is 124 cm³/mol. The summed E-state index contributed by atoms with van der Waals surface area (Å²) in [5.74, 6) is 0.396. The second kappa shape index (κ2) is 8.24. The van der Waals surface area contributed by atoms with Gasteiger partial charge in [-0.25, -0.2) is 9.37 Å². The monoisotopic (exact) mass is 447 g/mol. The van der Waals surface area contributed by atoms with E-state index in [4.69, 9.17) is 4.74 Å². The molecule has 6 rings (SSSR count). The van der Waals surface area contributed by atoms with Crippen LogP contribution in [-0.2, 0) is 21.4 Å². The standard InChI is InChI=1S/C27H30FN3O2/c28-24-4-2-1-3-23(24)27(9-13-33-14-10-27)26(32)31-20-5-6-21(31)17-18(16-20)15-19-7-11-29-25-22(19)8-12-30-25/h1-4,7-8,11-12,18,20-21H,5-6,9-10,13-17H2,(H,29,30). The van der Waals surface area contributed by atoms with Crippen molar-refractivity contribution >= 4 is 16.9 Å². The molecule has 2 unspecified atom stereocenters. The molecule has 3 aromatic rings. The number of amides is 1. The summed E-state index contributed by atoms with van der Waals surface area (Å²) in [6.07, 6.45) is 10.1. The third-order valence-electron chi connectivity index (χ3n) is 8.27. The first kappa shape index (κ1) is 20.8. The van der Waals surface area contributed by atoms with Gasteiger partial charge in [0.2, 0.25) is 5.91 Å². The van der Waals surface area contributed by atoms with Crippen LogP contribution in [0.3, 0.4) is 0 Å². The van der Waals surface area contributed by atoms with Crippen molar-refractivity contribution < 1.29 is 13.9 Å². The fraction of sp³-hybridized carbons (Fsp3) is 0.481. The maximum atomic E-state index is 14.9. The zero-order chi connectivity index (χ0) is 22.4. The first-order chi connectivity index (χ1) is 16.2. The molecule has 5 heterocycles. The Morgan fingerprint density at radius 3 is 2.64 bits per heavy atom. The van der Waals surface area contributed by atoms with Crippen LogP contribution >= 0.6 is 0 Å². The highest BCUT2D eigenvalue weighted by atomic mass is 19.1. The van der Waals surface area contributed by atoms with Crippen LogP contribution in [0.1, 0.15) is 49.7 Å². The zero-order valence-corrected chi connectivity index (χ0v) is 18.8. The van der Waals surface area contributed by atoms with Crippen LogP contribution in [0.4, 0.5) is 4.39 Å². The molecular formula is C27H30FN3O2. The van der Waals surface area contributed by atoms with Gasteiger partial charge in [-0.1, -0.05) is 18.2 Å². The second-order valence-corrected chi connectivity index (χ2v) is 10.0. The number of piperidine rings is 1. The van der Waals surface area contributed by atoms with Gasteiger partial charge in [0.15, 0.2) is 0 Å². The van der Waals surface area contributed by atoms with Gasteiger partial charge < -0.3 is 14.6 Å². The molecule has 3 aliphatic rings. The summed E-state index contributed by atoms with van der Waals surface area (Å²) in [6.45, 7) is 1.00. The predicted octanol–water partition coefficient (Wildman–Crippen LogP) is 4.76. The van der Waals surface area contributed by atoms with Gasteiger partial charge in [0.1, 0.15) is 11.5 Å². The lowest BCUT2D eigenvalue weighted by Gasteiger charge is -2.46. The Bertz CT molecular complexity index is 1150. The molecule has 3 fully saturated rings. The molecule has 2 aromatic heterocycles. The molecule has 172 valence electrons. The summed E-state index contributed by atoms with van der Waals surface area (Å²) in [5, 5.41) is 1.20. The second-order valence-electron chi connectivity index (χ2n) is 10.0. The Hall–Kier alpha value is -2.73. The van der Waals surface area contributed by atoms with Crippen molar-refractivity contribution in [2.75, 3.05) is 13.2 Å². The van der Waals surface area contributed by atoms with Crippen molar-refractivity contribution in [3.8, 4) is 0 Å². The van der Waals surface area contributed by atoms with E-state index in [1.54, 1.807) is 12.1 Å². The number of carbonyl (C=O) groups is 1. The summed E-state index contributed by atoms with van der Waals surface area (Å²) < 4.78 is 20.5. The molecule has 2 atom stereocenters. The van der Waals surface area contributed by atoms with Crippen LogP contribution in [0.25, 0.3) is 11.0 Å². The lowest BCUT2D eigenvalue weighted by atomic mass is 9.71. The Morgan fingerprint density at radius 1 is 1.12 bits per heavy atom. The topological polar surface area (TPSA) is 58.2 Å². The molecule has 1 N–H and O–H groups in total. The van der Waals surface area contributed by atoms with Crippen LogP contribution < -0.4 is 0 Å². The number of nitrogens with zero attached hydrogens (tertiary/aromatic N) is 2. The fourth-order valence-electron chi connectivity index (χ4n) is 6.71. The minimum atomic E-state index is -0.806. The van der Waals surface area contributed by atoms with Crippen LogP contribution in [0.15, 0.2) is 48.8 Å². The van der Waals surface area contributed by atoms with Crippen molar-refractivity contribution in [3.05, 3.63) is 65.7 Å². The summed E-state index contributed by atoms with van der Waals surface area (Å²) in [6, 6.07) is 11.6. The molecule has 6 heteroatoms. The molecule has 2 bridgehead atoms. The lowest BCUT2D eigenvalue weighted by molar-refractivity contribution is -0.147. The molecule has 1 aromatic carbocycles. The number of ether oxygens (including phenoxy) is 1. The SMILES string of the molecule is O=C(N1C2CCC1CC(Cc1ccnc3[nH]ccc13)C2)C1(c2ccccc2F)CCOCC1. The maximum absolute atomic E-state index is 14.9. The molecule has 3 aliphatic heterocycles. The number of hydrogen-bond acceptors (Lipinski definition) is 3. The molecular weight excluding hydrogens is 417 g/mol. The molecule has 1 amide bonds. The highest BCUT2D eigenvalue weighted by Gasteiger charge is 2.52. The summed E-state index contributed by atoms with van der Waals surface area (Å²) >= 11 is 0. The normalized spacial score (nSPS) is 26.6. The molecule has 0 saturated carbocycles. The molecule has 3 saturated heterocycles. The van der Waals surface area contributed by atoms with E-state index >= 15 is 0 Å². The van der Waals surface area contributed by atoms with Crippen molar-refractivity contribution in [3.63, 3.8) is 0 Å². The number of rotatable bonds is 4. The van der Waals surface area contributed by atoms with E-state index in [0.29, 0.717) is 37.5 Å². The Kier molecular flexibility index (Phi) is 5.21. The highest BCUT2D eigenvalue weighted by Crippen LogP contribution is 2.46. The highest BCUT2D eigenvalue weighted by molar-refractivity contribution is 5.89. The van der Waals surface area contributed by atoms with Crippen molar-refractivity contribution in [1.82, 2.24) is 14.9 Å². The number of hydrogen-bond donors (Lipinski definition) is 1. The Morgan fingerprint density at radius 2 is 1.88 bits per heavy atom. The Balaban J connectivity index is 1.26. The van der Waals surface area contributed by atoms with Gasteiger partial charge in [0.25, 0.3) is 0 Å². The van der Waals surface area contributed by atoms with Crippen LogP contribution in [-0.4, -0.2) is 46.1 Å². The van der Waals surface area contributed by atoms with Crippen molar-refractivity contribution in [1.29, 1.82) is 0 Å². The number of H-pyrrole nitrogens is 1. The van der Waals surface area contributed by atoms with Crippen LogP contribution in [0, 0.1) is 11.7 Å². The minimum Gasteiger partial charge on any atom is -0.381 e.